The second-order valence-electron chi connectivity index (χ2n) is 4.93. The van der Waals surface area contributed by atoms with Crippen molar-refractivity contribution in [2.45, 2.75) is 5.33 Å². The molecule has 106 valence electrons. The minimum atomic E-state index is 0.569. The lowest BCUT2D eigenvalue weighted by molar-refractivity contribution is 1.30. The normalized spacial score (nSPS) is 10.2. The van der Waals surface area contributed by atoms with E-state index in [1.54, 1.807) is 6.20 Å². The number of pyridine rings is 1. The van der Waals surface area contributed by atoms with Gasteiger partial charge in [-0.3, -0.25) is 4.98 Å². The molecule has 0 unspecified atom stereocenters. The van der Waals surface area contributed by atoms with Crippen LogP contribution in [0.2, 0.25) is 0 Å². The van der Waals surface area contributed by atoms with Crippen molar-refractivity contribution < 1.29 is 0 Å². The number of benzene rings is 2. The van der Waals surface area contributed by atoms with Gasteiger partial charge in [-0.2, -0.15) is 5.26 Å². The number of nitriles is 1. The maximum Gasteiger partial charge on any atom is 0.101 e. The lowest BCUT2D eigenvalue weighted by atomic mass is 9.97. The summed E-state index contributed by atoms with van der Waals surface area (Å²) in [7, 11) is 0. The summed E-state index contributed by atoms with van der Waals surface area (Å²) in [6, 6.07) is 22.4. The average Bonchev–Trinajstić information content (AvgIpc) is 2.62. The number of halogens is 1. The second-order valence-corrected chi connectivity index (χ2v) is 5.49. The van der Waals surface area contributed by atoms with Gasteiger partial charge < -0.3 is 0 Å². The van der Waals surface area contributed by atoms with Gasteiger partial charge in [0.25, 0.3) is 0 Å². The van der Waals surface area contributed by atoms with E-state index in [2.05, 4.69) is 51.2 Å². The van der Waals surface area contributed by atoms with E-state index in [1.807, 2.05) is 36.4 Å². The highest BCUT2D eigenvalue weighted by atomic mass is 79.9. The maximum atomic E-state index is 9.14. The summed E-state index contributed by atoms with van der Waals surface area (Å²) in [5.41, 5.74) is 5.77. The Morgan fingerprint density at radius 3 is 2.32 bits per heavy atom. The fourth-order valence-corrected chi connectivity index (χ4v) is 2.72. The fourth-order valence-electron chi connectivity index (χ4n) is 2.35. The topological polar surface area (TPSA) is 36.7 Å². The molecule has 0 aliphatic rings. The van der Waals surface area contributed by atoms with Gasteiger partial charge in [0.1, 0.15) is 6.07 Å². The summed E-state index contributed by atoms with van der Waals surface area (Å²) in [6.07, 6.45) is 1.63. The highest BCUT2D eigenvalue weighted by Crippen LogP contribution is 2.31. The molecule has 0 fully saturated rings. The minimum absolute atomic E-state index is 0.569. The summed E-state index contributed by atoms with van der Waals surface area (Å²) in [5.74, 6) is 0. The molecule has 3 rings (SSSR count). The molecule has 0 aliphatic heterocycles. The molecule has 0 spiro atoms. The van der Waals surface area contributed by atoms with E-state index in [0.29, 0.717) is 5.56 Å². The summed E-state index contributed by atoms with van der Waals surface area (Å²) >= 11 is 3.46. The first-order valence-electron chi connectivity index (χ1n) is 6.92. The Balaban J connectivity index is 2.16. The zero-order chi connectivity index (χ0) is 15.4. The van der Waals surface area contributed by atoms with Crippen LogP contribution >= 0.6 is 15.9 Å². The van der Waals surface area contributed by atoms with E-state index < -0.39 is 0 Å². The van der Waals surface area contributed by atoms with Gasteiger partial charge in [0.2, 0.25) is 0 Å². The minimum Gasteiger partial charge on any atom is -0.254 e. The molecule has 1 heterocycles. The van der Waals surface area contributed by atoms with Crippen LogP contribution < -0.4 is 0 Å². The van der Waals surface area contributed by atoms with Gasteiger partial charge >= 0.3 is 0 Å². The SMILES string of the molecule is N#Cc1cnc(-c2ccc(CBr)cc2)c(-c2ccccc2)c1. The van der Waals surface area contributed by atoms with E-state index in [9.17, 15) is 0 Å². The van der Waals surface area contributed by atoms with Gasteiger partial charge in [0, 0.05) is 22.7 Å². The van der Waals surface area contributed by atoms with Crippen molar-refractivity contribution in [3.63, 3.8) is 0 Å². The first-order valence-corrected chi connectivity index (χ1v) is 8.05. The van der Waals surface area contributed by atoms with Crippen molar-refractivity contribution in [2.75, 3.05) is 0 Å². The molecular weight excluding hydrogens is 336 g/mol. The number of aromatic nitrogens is 1. The molecule has 0 bridgehead atoms. The van der Waals surface area contributed by atoms with Crippen LogP contribution in [0.5, 0.6) is 0 Å². The lowest BCUT2D eigenvalue weighted by Gasteiger charge is -2.10. The van der Waals surface area contributed by atoms with E-state index in [-0.39, 0.29) is 0 Å². The summed E-state index contributed by atoms with van der Waals surface area (Å²) < 4.78 is 0. The van der Waals surface area contributed by atoms with Crippen molar-refractivity contribution in [2.24, 2.45) is 0 Å². The first kappa shape index (κ1) is 14.5. The highest BCUT2D eigenvalue weighted by molar-refractivity contribution is 9.08. The van der Waals surface area contributed by atoms with Crippen LogP contribution in [0.4, 0.5) is 0 Å². The smallest absolute Gasteiger partial charge is 0.101 e. The van der Waals surface area contributed by atoms with Crippen LogP contribution in [0, 0.1) is 11.3 Å². The van der Waals surface area contributed by atoms with Gasteiger partial charge in [0.15, 0.2) is 0 Å². The van der Waals surface area contributed by atoms with Crippen molar-refractivity contribution in [1.29, 1.82) is 5.26 Å². The van der Waals surface area contributed by atoms with Crippen molar-refractivity contribution in [1.82, 2.24) is 4.98 Å². The monoisotopic (exact) mass is 348 g/mol. The van der Waals surface area contributed by atoms with Gasteiger partial charge in [0.05, 0.1) is 11.3 Å². The average molecular weight is 349 g/mol. The molecule has 0 amide bonds. The zero-order valence-corrected chi connectivity index (χ0v) is 13.4. The Morgan fingerprint density at radius 1 is 0.955 bits per heavy atom. The van der Waals surface area contributed by atoms with Gasteiger partial charge in [-0.15, -0.1) is 0 Å². The third-order valence-corrected chi connectivity index (χ3v) is 4.13. The van der Waals surface area contributed by atoms with E-state index in [0.717, 1.165) is 27.7 Å². The number of alkyl halides is 1. The first-order chi connectivity index (χ1) is 10.8. The van der Waals surface area contributed by atoms with Crippen molar-refractivity contribution in [3.05, 3.63) is 78.0 Å². The van der Waals surface area contributed by atoms with E-state index in [4.69, 9.17) is 5.26 Å². The third-order valence-electron chi connectivity index (χ3n) is 3.48. The number of nitrogens with zero attached hydrogens (tertiary/aromatic N) is 2. The molecule has 0 saturated heterocycles. The van der Waals surface area contributed by atoms with E-state index in [1.165, 1.54) is 5.56 Å². The highest BCUT2D eigenvalue weighted by Gasteiger charge is 2.10. The fraction of sp³-hybridized carbons (Fsp3) is 0.0526. The Hall–Kier alpha value is -2.44. The van der Waals surface area contributed by atoms with Crippen molar-refractivity contribution in [3.8, 4) is 28.5 Å². The maximum absolute atomic E-state index is 9.14. The molecular formula is C19H13BrN2. The summed E-state index contributed by atoms with van der Waals surface area (Å²) in [5, 5.41) is 9.98. The van der Waals surface area contributed by atoms with Crippen LogP contribution in [0.3, 0.4) is 0 Å². The van der Waals surface area contributed by atoms with Crippen molar-refractivity contribution >= 4 is 15.9 Å². The molecule has 2 aromatic carbocycles. The second kappa shape index (κ2) is 6.55. The molecule has 3 aromatic rings. The number of hydrogen-bond donors (Lipinski definition) is 0. The largest absolute Gasteiger partial charge is 0.254 e. The molecule has 0 saturated carbocycles. The number of rotatable bonds is 3. The Kier molecular flexibility index (Phi) is 4.32. The molecule has 1 aromatic heterocycles. The van der Waals surface area contributed by atoms with E-state index >= 15 is 0 Å². The molecule has 0 N–H and O–H groups in total. The van der Waals surface area contributed by atoms with Gasteiger partial charge in [-0.1, -0.05) is 70.5 Å². The van der Waals surface area contributed by atoms with Gasteiger partial charge in [-0.25, -0.2) is 0 Å². The third kappa shape index (κ3) is 2.93. The van der Waals surface area contributed by atoms with Crippen LogP contribution in [-0.2, 0) is 5.33 Å². The summed E-state index contributed by atoms with van der Waals surface area (Å²) in [4.78, 5) is 4.52. The predicted molar refractivity (Wildman–Crippen MR) is 92.5 cm³/mol. The lowest BCUT2D eigenvalue weighted by Crippen LogP contribution is -1.91. The van der Waals surface area contributed by atoms with Crippen LogP contribution in [0.15, 0.2) is 66.9 Å². The molecule has 3 heteroatoms. The Bertz CT molecular complexity index is 818. The van der Waals surface area contributed by atoms with Crippen LogP contribution in [0.25, 0.3) is 22.4 Å². The molecule has 0 radical (unpaired) electrons. The Morgan fingerprint density at radius 2 is 1.68 bits per heavy atom. The van der Waals surface area contributed by atoms with Gasteiger partial charge in [-0.05, 0) is 17.2 Å². The predicted octanol–water partition coefficient (Wildman–Crippen LogP) is 5.18. The number of hydrogen-bond acceptors (Lipinski definition) is 2. The molecule has 0 aliphatic carbocycles. The summed E-state index contributed by atoms with van der Waals surface area (Å²) in [6.45, 7) is 0. The Labute approximate surface area is 138 Å². The van der Waals surface area contributed by atoms with Crippen LogP contribution in [-0.4, -0.2) is 4.98 Å². The van der Waals surface area contributed by atoms with Crippen LogP contribution in [0.1, 0.15) is 11.1 Å². The zero-order valence-electron chi connectivity index (χ0n) is 11.8. The molecule has 22 heavy (non-hydrogen) atoms. The molecule has 0 atom stereocenters. The molecule has 2 nitrogen and oxygen atoms in total. The standard InChI is InChI=1S/C19H13BrN2/c20-11-14-6-8-17(9-7-14)19-18(10-15(12-21)13-22-19)16-4-2-1-3-5-16/h1-10,13H,11H2. The quantitative estimate of drug-likeness (QED) is 0.611.